The average molecular weight is 338 g/mol. The van der Waals surface area contributed by atoms with Gasteiger partial charge in [0.15, 0.2) is 0 Å². The molecule has 2 atom stereocenters. The molecule has 0 fully saturated rings. The molecule has 0 saturated heterocycles. The van der Waals surface area contributed by atoms with E-state index >= 15 is 0 Å². The lowest BCUT2D eigenvalue weighted by Gasteiger charge is -2.32. The van der Waals surface area contributed by atoms with E-state index in [2.05, 4.69) is 6.07 Å². The van der Waals surface area contributed by atoms with Gasteiger partial charge in [0.2, 0.25) is 0 Å². The largest absolute Gasteiger partial charge is 0.390 e. The number of nitriles is 1. The SMILES string of the molecule is CN(C(=O)c1ccc(F)cc1)[C@H]1c2cc(C#N)ccc2C(C)(C)[C@@H]1O. The molecule has 3 rings (SSSR count). The molecule has 2 aromatic carbocycles. The van der Waals surface area contributed by atoms with Crippen LogP contribution in [0.5, 0.6) is 0 Å². The van der Waals surface area contributed by atoms with Gasteiger partial charge in [0.25, 0.3) is 5.91 Å². The third-order valence-corrected chi connectivity index (χ3v) is 5.06. The summed E-state index contributed by atoms with van der Waals surface area (Å²) in [6, 6.07) is 12.1. The molecule has 0 unspecified atom stereocenters. The first-order valence-corrected chi connectivity index (χ1v) is 8.02. The number of carbonyl (C=O) groups excluding carboxylic acids is 1. The summed E-state index contributed by atoms with van der Waals surface area (Å²) in [6.07, 6.45) is -0.814. The Kier molecular flexibility index (Phi) is 4.09. The third kappa shape index (κ3) is 2.69. The van der Waals surface area contributed by atoms with E-state index in [9.17, 15) is 19.6 Å². The van der Waals surface area contributed by atoms with Crippen molar-refractivity contribution in [3.8, 4) is 6.07 Å². The number of hydrogen-bond donors (Lipinski definition) is 1. The summed E-state index contributed by atoms with van der Waals surface area (Å²) in [4.78, 5) is 14.3. The number of carbonyl (C=O) groups is 1. The number of fused-ring (bicyclic) bond motifs is 1. The van der Waals surface area contributed by atoms with Crippen LogP contribution in [-0.2, 0) is 5.41 Å². The van der Waals surface area contributed by atoms with Crippen LogP contribution in [0.15, 0.2) is 42.5 Å². The van der Waals surface area contributed by atoms with E-state index < -0.39 is 23.4 Å². The van der Waals surface area contributed by atoms with Gasteiger partial charge >= 0.3 is 0 Å². The highest BCUT2D eigenvalue weighted by molar-refractivity contribution is 5.94. The minimum Gasteiger partial charge on any atom is -0.390 e. The fourth-order valence-electron chi connectivity index (χ4n) is 3.53. The summed E-state index contributed by atoms with van der Waals surface area (Å²) < 4.78 is 13.1. The lowest BCUT2D eigenvalue weighted by Crippen LogP contribution is -2.40. The molecule has 0 aliphatic heterocycles. The van der Waals surface area contributed by atoms with Gasteiger partial charge in [-0.1, -0.05) is 19.9 Å². The number of halogens is 1. The number of likely N-dealkylation sites (N-methyl/N-ethyl adjacent to an activating group) is 1. The van der Waals surface area contributed by atoms with Crippen molar-refractivity contribution >= 4 is 5.91 Å². The summed E-state index contributed by atoms with van der Waals surface area (Å²) in [5, 5.41) is 20.0. The molecular weight excluding hydrogens is 319 g/mol. The third-order valence-electron chi connectivity index (χ3n) is 5.06. The highest BCUT2D eigenvalue weighted by Crippen LogP contribution is 2.47. The first-order chi connectivity index (χ1) is 11.8. The number of nitrogens with zero attached hydrogens (tertiary/aromatic N) is 2. The molecule has 5 heteroatoms. The molecule has 25 heavy (non-hydrogen) atoms. The Morgan fingerprint density at radius 2 is 1.88 bits per heavy atom. The van der Waals surface area contributed by atoms with Crippen molar-refractivity contribution in [3.63, 3.8) is 0 Å². The summed E-state index contributed by atoms with van der Waals surface area (Å²) in [5.74, 6) is -0.722. The van der Waals surface area contributed by atoms with Gasteiger partial charge in [0, 0.05) is 18.0 Å². The van der Waals surface area contributed by atoms with Gasteiger partial charge in [-0.3, -0.25) is 4.79 Å². The quantitative estimate of drug-likeness (QED) is 0.915. The summed E-state index contributed by atoms with van der Waals surface area (Å²) in [6.45, 7) is 3.83. The van der Waals surface area contributed by atoms with Crippen molar-refractivity contribution < 1.29 is 14.3 Å². The Labute approximate surface area is 146 Å². The maximum absolute atomic E-state index is 13.1. The van der Waals surface area contributed by atoms with Crippen molar-refractivity contribution in [2.24, 2.45) is 0 Å². The first-order valence-electron chi connectivity index (χ1n) is 8.02. The van der Waals surface area contributed by atoms with E-state index in [1.165, 1.54) is 29.2 Å². The molecular formula is C20H19FN2O2. The monoisotopic (exact) mass is 338 g/mol. The van der Waals surface area contributed by atoms with Gasteiger partial charge in [0.05, 0.1) is 23.8 Å². The normalized spacial score (nSPS) is 20.6. The highest BCUT2D eigenvalue weighted by Gasteiger charge is 2.48. The summed E-state index contributed by atoms with van der Waals surface area (Å²) in [7, 11) is 1.61. The minimum absolute atomic E-state index is 0.310. The molecule has 1 N–H and O–H groups in total. The molecule has 0 spiro atoms. The Bertz CT molecular complexity index is 868. The Balaban J connectivity index is 2.03. The molecule has 2 aromatic rings. The number of rotatable bonds is 2. The zero-order valence-electron chi connectivity index (χ0n) is 14.3. The van der Waals surface area contributed by atoms with Crippen molar-refractivity contribution in [1.82, 2.24) is 4.90 Å². The number of amides is 1. The van der Waals surface area contributed by atoms with Gasteiger partial charge in [-0.05, 0) is 47.5 Å². The predicted octanol–water partition coefficient (Wildman–Crippen LogP) is 3.16. The molecule has 0 aromatic heterocycles. The van der Waals surface area contributed by atoms with Gasteiger partial charge in [0.1, 0.15) is 5.82 Å². The van der Waals surface area contributed by atoms with E-state index in [1.807, 2.05) is 19.9 Å². The molecule has 128 valence electrons. The second-order valence-corrected chi connectivity index (χ2v) is 6.95. The van der Waals surface area contributed by atoms with E-state index in [0.717, 1.165) is 11.1 Å². The van der Waals surface area contributed by atoms with E-state index in [-0.39, 0.29) is 5.91 Å². The lowest BCUT2D eigenvalue weighted by atomic mass is 9.84. The molecule has 1 aliphatic rings. The zero-order valence-corrected chi connectivity index (χ0v) is 14.3. The van der Waals surface area contributed by atoms with Gasteiger partial charge in [-0.15, -0.1) is 0 Å². The first kappa shape index (κ1) is 17.1. The van der Waals surface area contributed by atoms with Crippen LogP contribution in [0.3, 0.4) is 0 Å². The molecule has 0 heterocycles. The minimum atomic E-state index is -0.814. The van der Waals surface area contributed by atoms with Crippen LogP contribution in [0, 0.1) is 17.1 Å². The standard InChI is InChI=1S/C20H19FN2O2/c1-20(2)16-9-4-12(11-22)10-15(16)17(18(20)24)23(3)19(25)13-5-7-14(21)8-6-13/h4-10,17-18,24H,1-3H3/t17-,18+/m0/s1. The molecule has 1 amide bonds. The molecule has 1 aliphatic carbocycles. The number of aliphatic hydroxyl groups excluding tert-OH is 1. The van der Waals surface area contributed by atoms with E-state index in [4.69, 9.17) is 0 Å². The van der Waals surface area contributed by atoms with Crippen molar-refractivity contribution in [2.45, 2.75) is 31.4 Å². The highest BCUT2D eigenvalue weighted by atomic mass is 19.1. The fourth-order valence-corrected chi connectivity index (χ4v) is 3.53. The summed E-state index contributed by atoms with van der Waals surface area (Å²) >= 11 is 0. The van der Waals surface area contributed by atoms with Crippen LogP contribution in [0.4, 0.5) is 4.39 Å². The maximum Gasteiger partial charge on any atom is 0.254 e. The van der Waals surface area contributed by atoms with Gasteiger partial charge in [-0.2, -0.15) is 5.26 Å². The van der Waals surface area contributed by atoms with Crippen LogP contribution in [0.25, 0.3) is 0 Å². The Hall–Kier alpha value is -2.71. The van der Waals surface area contributed by atoms with Gasteiger partial charge < -0.3 is 10.0 Å². The second kappa shape index (κ2) is 5.98. The van der Waals surface area contributed by atoms with Crippen molar-refractivity contribution in [2.75, 3.05) is 7.05 Å². The second-order valence-electron chi connectivity index (χ2n) is 6.95. The molecule has 0 saturated carbocycles. The van der Waals surface area contributed by atoms with Crippen molar-refractivity contribution in [1.29, 1.82) is 5.26 Å². The lowest BCUT2D eigenvalue weighted by molar-refractivity contribution is 0.0268. The predicted molar refractivity (Wildman–Crippen MR) is 91.4 cm³/mol. The number of aliphatic hydroxyl groups is 1. The smallest absolute Gasteiger partial charge is 0.254 e. The van der Waals surface area contributed by atoms with Crippen LogP contribution < -0.4 is 0 Å². The van der Waals surface area contributed by atoms with E-state index in [1.54, 1.807) is 19.2 Å². The Morgan fingerprint density at radius 1 is 1.24 bits per heavy atom. The topological polar surface area (TPSA) is 64.3 Å². The number of hydrogen-bond acceptors (Lipinski definition) is 3. The molecule has 4 nitrogen and oxygen atoms in total. The van der Waals surface area contributed by atoms with Crippen LogP contribution in [-0.4, -0.2) is 29.1 Å². The number of benzene rings is 2. The molecule has 0 radical (unpaired) electrons. The fraction of sp³-hybridized carbons (Fsp3) is 0.300. The van der Waals surface area contributed by atoms with E-state index in [0.29, 0.717) is 11.1 Å². The Morgan fingerprint density at radius 3 is 2.48 bits per heavy atom. The maximum atomic E-state index is 13.1. The van der Waals surface area contributed by atoms with Crippen LogP contribution >= 0.6 is 0 Å². The van der Waals surface area contributed by atoms with Crippen LogP contribution in [0.2, 0.25) is 0 Å². The molecule has 0 bridgehead atoms. The van der Waals surface area contributed by atoms with Gasteiger partial charge in [-0.25, -0.2) is 4.39 Å². The zero-order chi connectivity index (χ0) is 18.4. The average Bonchev–Trinajstić information content (AvgIpc) is 2.80. The summed E-state index contributed by atoms with van der Waals surface area (Å²) in [5.41, 5.74) is 1.97. The van der Waals surface area contributed by atoms with Crippen molar-refractivity contribution in [3.05, 3.63) is 70.5 Å². The van der Waals surface area contributed by atoms with Crippen LogP contribution in [0.1, 0.15) is 46.9 Å².